The molecule has 0 atom stereocenters. The van der Waals surface area contributed by atoms with Crippen LogP contribution in [0.25, 0.3) is 0 Å². The first-order valence-corrected chi connectivity index (χ1v) is 7.95. The molecule has 3 rings (SSSR count). The minimum atomic E-state index is 0.0746. The summed E-state index contributed by atoms with van der Waals surface area (Å²) in [7, 11) is 0. The normalized spacial score (nSPS) is 12.9. The molecule has 1 aliphatic rings. The molecule has 108 valence electrons. The monoisotopic (exact) mass is 364 g/mol. The van der Waals surface area contributed by atoms with Crippen molar-refractivity contribution in [1.82, 2.24) is 0 Å². The van der Waals surface area contributed by atoms with E-state index < -0.39 is 0 Å². The average Bonchev–Trinajstić information content (AvgIpc) is 2.90. The van der Waals surface area contributed by atoms with Crippen LogP contribution in [0.15, 0.2) is 34.8 Å². The first-order chi connectivity index (χ1) is 10.0. The first-order valence-electron chi connectivity index (χ1n) is 6.78. The van der Waals surface area contributed by atoms with Crippen LogP contribution in [0.5, 0.6) is 5.75 Å². The Balaban J connectivity index is 1.90. The number of benzene rings is 2. The Labute approximate surface area is 137 Å². The highest BCUT2D eigenvalue weighted by Gasteiger charge is 2.20. The quantitative estimate of drug-likeness (QED) is 0.732. The number of Topliss-reactive ketones (excluding diaryl/α,β-unsaturated/α-hetero) is 1. The van der Waals surface area contributed by atoms with Crippen LogP contribution >= 0.6 is 27.5 Å². The van der Waals surface area contributed by atoms with E-state index in [-0.39, 0.29) is 5.78 Å². The fraction of sp³-hybridized carbons (Fsp3) is 0.235. The zero-order valence-corrected chi connectivity index (χ0v) is 13.9. The van der Waals surface area contributed by atoms with Crippen molar-refractivity contribution in [2.75, 3.05) is 6.61 Å². The van der Waals surface area contributed by atoms with E-state index in [0.717, 1.165) is 27.8 Å². The lowest BCUT2D eigenvalue weighted by Gasteiger charge is -2.09. The second-order valence-corrected chi connectivity index (χ2v) is 6.54. The Morgan fingerprint density at radius 1 is 1.33 bits per heavy atom. The van der Waals surface area contributed by atoms with Gasteiger partial charge in [0.15, 0.2) is 5.78 Å². The number of halogens is 2. The Morgan fingerprint density at radius 2 is 2.14 bits per heavy atom. The van der Waals surface area contributed by atoms with Gasteiger partial charge in [0.1, 0.15) is 5.75 Å². The molecular formula is C17H14BrClO2. The van der Waals surface area contributed by atoms with Gasteiger partial charge in [0, 0.05) is 33.5 Å². The highest BCUT2D eigenvalue weighted by Crippen LogP contribution is 2.33. The lowest BCUT2D eigenvalue weighted by atomic mass is 9.99. The van der Waals surface area contributed by atoms with Crippen LogP contribution in [0, 0.1) is 6.92 Å². The molecule has 0 spiro atoms. The molecule has 2 nitrogen and oxygen atoms in total. The lowest BCUT2D eigenvalue weighted by Crippen LogP contribution is -2.05. The molecule has 0 N–H and O–H groups in total. The third kappa shape index (κ3) is 2.99. The summed E-state index contributed by atoms with van der Waals surface area (Å²) in [4.78, 5) is 12.5. The summed E-state index contributed by atoms with van der Waals surface area (Å²) in [5, 5.41) is 0.679. The topological polar surface area (TPSA) is 26.3 Å². The standard InChI is InChI=1S/C17H14BrClO2/c1-10-6-11(2-3-15(10)19)16(20)9-13-8-14(18)7-12-4-5-21-17(12)13/h2-3,6-8H,4-5,9H2,1H3. The predicted octanol–water partition coefficient (Wildman–Crippen LogP) is 4.77. The van der Waals surface area contributed by atoms with Crippen molar-refractivity contribution in [3.63, 3.8) is 0 Å². The fourth-order valence-corrected chi connectivity index (χ4v) is 3.24. The molecule has 0 bridgehead atoms. The van der Waals surface area contributed by atoms with Crippen LogP contribution in [0.2, 0.25) is 5.02 Å². The summed E-state index contributed by atoms with van der Waals surface area (Å²) in [5.41, 5.74) is 3.70. The van der Waals surface area contributed by atoms with E-state index in [0.29, 0.717) is 23.6 Å². The smallest absolute Gasteiger partial charge is 0.167 e. The van der Waals surface area contributed by atoms with Gasteiger partial charge < -0.3 is 4.74 Å². The minimum Gasteiger partial charge on any atom is -0.493 e. The number of carbonyl (C=O) groups excluding carboxylic acids is 1. The van der Waals surface area contributed by atoms with Gasteiger partial charge in [0.2, 0.25) is 0 Å². The van der Waals surface area contributed by atoms with Crippen molar-refractivity contribution in [2.45, 2.75) is 19.8 Å². The number of ketones is 1. The van der Waals surface area contributed by atoms with Crippen LogP contribution in [0.3, 0.4) is 0 Å². The predicted molar refractivity (Wildman–Crippen MR) is 87.6 cm³/mol. The van der Waals surface area contributed by atoms with Crippen LogP contribution in [-0.4, -0.2) is 12.4 Å². The van der Waals surface area contributed by atoms with Gasteiger partial charge in [-0.3, -0.25) is 4.79 Å². The summed E-state index contributed by atoms with van der Waals surface area (Å²) in [6.45, 7) is 2.59. The van der Waals surface area contributed by atoms with Gasteiger partial charge >= 0.3 is 0 Å². The Kier molecular flexibility index (Phi) is 4.05. The van der Waals surface area contributed by atoms with Gasteiger partial charge in [0.25, 0.3) is 0 Å². The SMILES string of the molecule is Cc1cc(C(=O)Cc2cc(Br)cc3c2OCC3)ccc1Cl. The van der Waals surface area contributed by atoms with E-state index in [1.165, 1.54) is 5.56 Å². The van der Waals surface area contributed by atoms with E-state index in [1.807, 2.05) is 19.1 Å². The summed E-state index contributed by atoms with van der Waals surface area (Å²) >= 11 is 9.50. The van der Waals surface area contributed by atoms with Gasteiger partial charge in [-0.25, -0.2) is 0 Å². The third-order valence-corrected chi connectivity index (χ3v) is 4.54. The van der Waals surface area contributed by atoms with E-state index in [1.54, 1.807) is 12.1 Å². The van der Waals surface area contributed by atoms with Crippen LogP contribution < -0.4 is 4.74 Å². The molecule has 2 aromatic carbocycles. The average molecular weight is 366 g/mol. The first kappa shape index (κ1) is 14.6. The molecule has 0 aliphatic carbocycles. The molecule has 0 aromatic heterocycles. The van der Waals surface area contributed by atoms with Crippen LogP contribution in [0.4, 0.5) is 0 Å². The van der Waals surface area contributed by atoms with Crippen molar-refractivity contribution in [3.05, 3.63) is 62.1 Å². The van der Waals surface area contributed by atoms with Crippen molar-refractivity contribution < 1.29 is 9.53 Å². The Morgan fingerprint density at radius 3 is 2.90 bits per heavy atom. The summed E-state index contributed by atoms with van der Waals surface area (Å²) in [6.07, 6.45) is 1.23. The van der Waals surface area contributed by atoms with Gasteiger partial charge in [-0.1, -0.05) is 27.5 Å². The number of ether oxygens (including phenoxy) is 1. The van der Waals surface area contributed by atoms with E-state index >= 15 is 0 Å². The zero-order valence-electron chi connectivity index (χ0n) is 11.6. The van der Waals surface area contributed by atoms with Crippen molar-refractivity contribution in [2.24, 2.45) is 0 Å². The number of hydrogen-bond acceptors (Lipinski definition) is 2. The molecule has 0 fully saturated rings. The van der Waals surface area contributed by atoms with Gasteiger partial charge in [-0.15, -0.1) is 0 Å². The third-order valence-electron chi connectivity index (χ3n) is 3.66. The second-order valence-electron chi connectivity index (χ2n) is 5.22. The number of fused-ring (bicyclic) bond motifs is 1. The van der Waals surface area contributed by atoms with Crippen molar-refractivity contribution in [1.29, 1.82) is 0 Å². The lowest BCUT2D eigenvalue weighted by molar-refractivity contribution is 0.0992. The van der Waals surface area contributed by atoms with E-state index in [4.69, 9.17) is 16.3 Å². The minimum absolute atomic E-state index is 0.0746. The molecule has 0 saturated carbocycles. The molecule has 0 saturated heterocycles. The summed E-state index contributed by atoms with van der Waals surface area (Å²) in [6, 6.07) is 9.40. The van der Waals surface area contributed by atoms with Crippen molar-refractivity contribution in [3.8, 4) is 5.75 Å². The molecule has 21 heavy (non-hydrogen) atoms. The summed E-state index contributed by atoms with van der Waals surface area (Å²) < 4.78 is 6.66. The maximum atomic E-state index is 12.5. The van der Waals surface area contributed by atoms with E-state index in [2.05, 4.69) is 22.0 Å². The zero-order chi connectivity index (χ0) is 15.0. The molecular weight excluding hydrogens is 352 g/mol. The number of rotatable bonds is 3. The van der Waals surface area contributed by atoms with Crippen LogP contribution in [0.1, 0.15) is 27.0 Å². The highest BCUT2D eigenvalue weighted by atomic mass is 79.9. The maximum Gasteiger partial charge on any atom is 0.167 e. The largest absolute Gasteiger partial charge is 0.493 e. The van der Waals surface area contributed by atoms with Crippen LogP contribution in [-0.2, 0) is 12.8 Å². The molecule has 0 unspecified atom stereocenters. The number of carbonyl (C=O) groups is 1. The number of hydrogen-bond donors (Lipinski definition) is 0. The molecule has 0 radical (unpaired) electrons. The van der Waals surface area contributed by atoms with Gasteiger partial charge in [0.05, 0.1) is 6.61 Å². The van der Waals surface area contributed by atoms with Gasteiger partial charge in [-0.2, -0.15) is 0 Å². The fourth-order valence-electron chi connectivity index (χ4n) is 2.57. The molecule has 4 heteroatoms. The highest BCUT2D eigenvalue weighted by molar-refractivity contribution is 9.10. The second kappa shape index (κ2) is 5.82. The Hall–Kier alpha value is -1.32. The van der Waals surface area contributed by atoms with Gasteiger partial charge in [-0.05, 0) is 48.4 Å². The number of aryl methyl sites for hydroxylation is 1. The molecule has 1 aliphatic heterocycles. The van der Waals surface area contributed by atoms with E-state index in [9.17, 15) is 4.79 Å². The Bertz CT molecular complexity index is 725. The maximum absolute atomic E-state index is 12.5. The molecule has 1 heterocycles. The summed E-state index contributed by atoms with van der Waals surface area (Å²) in [5.74, 6) is 0.947. The molecule has 2 aromatic rings. The molecule has 0 amide bonds. The van der Waals surface area contributed by atoms with Crippen molar-refractivity contribution >= 4 is 33.3 Å².